The molecule has 0 aliphatic carbocycles. The molecular formula is C29H30O8. The lowest BCUT2D eigenvalue weighted by Crippen LogP contribution is -2.62. The highest BCUT2D eigenvalue weighted by Gasteiger charge is 2.50. The van der Waals surface area contributed by atoms with Crippen molar-refractivity contribution < 1.29 is 38.4 Å². The number of aliphatic hydroxyl groups excluding tert-OH is 1. The molecule has 0 saturated carbocycles. The van der Waals surface area contributed by atoms with E-state index in [9.17, 15) is 14.7 Å². The topological polar surface area (TPSA) is 101 Å². The first-order chi connectivity index (χ1) is 18.0. The molecule has 1 N–H and O–H groups in total. The van der Waals surface area contributed by atoms with Crippen LogP contribution < -0.4 is 0 Å². The number of benzene rings is 3. The summed E-state index contributed by atoms with van der Waals surface area (Å²) in [6.45, 7) is 1.71. The molecule has 1 fully saturated rings. The second kappa shape index (κ2) is 13.1. The van der Waals surface area contributed by atoms with Crippen LogP contribution in [0.4, 0.5) is 0 Å². The summed E-state index contributed by atoms with van der Waals surface area (Å²) in [6, 6.07) is 27.3. The van der Waals surface area contributed by atoms with Crippen LogP contribution >= 0.6 is 0 Å². The molecule has 8 heteroatoms. The minimum atomic E-state index is -1.54. The number of carbonyl (C=O) groups excluding carboxylic acids is 2. The highest BCUT2D eigenvalue weighted by atomic mass is 16.7. The maximum atomic E-state index is 12.8. The molecule has 1 aliphatic heterocycles. The Labute approximate surface area is 215 Å². The van der Waals surface area contributed by atoms with Gasteiger partial charge in [-0.1, -0.05) is 78.9 Å². The average Bonchev–Trinajstić information content (AvgIpc) is 2.92. The molecule has 8 nitrogen and oxygen atoms in total. The molecule has 1 heterocycles. The van der Waals surface area contributed by atoms with Gasteiger partial charge in [0, 0.05) is 6.92 Å². The number of aliphatic hydroxyl groups is 1. The molecule has 1 saturated heterocycles. The maximum Gasteiger partial charge on any atom is 0.338 e. The van der Waals surface area contributed by atoms with Crippen LogP contribution in [0.3, 0.4) is 0 Å². The van der Waals surface area contributed by atoms with Gasteiger partial charge < -0.3 is 28.8 Å². The van der Waals surface area contributed by atoms with Crippen molar-refractivity contribution in [3.8, 4) is 0 Å². The van der Waals surface area contributed by atoms with Crippen molar-refractivity contribution in [3.05, 3.63) is 108 Å². The van der Waals surface area contributed by atoms with Gasteiger partial charge in [0.25, 0.3) is 0 Å². The fourth-order valence-corrected chi connectivity index (χ4v) is 4.08. The van der Waals surface area contributed by atoms with Gasteiger partial charge in [0.1, 0.15) is 12.2 Å². The van der Waals surface area contributed by atoms with Crippen LogP contribution in [0.25, 0.3) is 0 Å². The molecule has 37 heavy (non-hydrogen) atoms. The summed E-state index contributed by atoms with van der Waals surface area (Å²) in [5.41, 5.74) is 2.11. The molecule has 0 spiro atoms. The van der Waals surface area contributed by atoms with E-state index >= 15 is 0 Å². The predicted molar refractivity (Wildman–Crippen MR) is 133 cm³/mol. The summed E-state index contributed by atoms with van der Waals surface area (Å²) in [7, 11) is 0. The smallest absolute Gasteiger partial charge is 0.338 e. The van der Waals surface area contributed by atoms with E-state index in [1.54, 1.807) is 30.3 Å². The van der Waals surface area contributed by atoms with Crippen LogP contribution in [0.5, 0.6) is 0 Å². The minimum Gasteiger partial charge on any atom is -0.457 e. The predicted octanol–water partition coefficient (Wildman–Crippen LogP) is 3.66. The molecular weight excluding hydrogens is 476 g/mol. The van der Waals surface area contributed by atoms with E-state index in [4.69, 9.17) is 23.7 Å². The van der Waals surface area contributed by atoms with Gasteiger partial charge in [-0.2, -0.15) is 0 Å². The zero-order chi connectivity index (χ0) is 26.0. The van der Waals surface area contributed by atoms with Crippen LogP contribution in [0.15, 0.2) is 91.0 Å². The zero-order valence-corrected chi connectivity index (χ0v) is 20.5. The monoisotopic (exact) mass is 506 g/mol. The zero-order valence-electron chi connectivity index (χ0n) is 20.5. The highest BCUT2D eigenvalue weighted by molar-refractivity contribution is 5.89. The molecule has 4 rings (SSSR count). The summed E-state index contributed by atoms with van der Waals surface area (Å²) in [5, 5.41) is 10.9. The molecule has 1 aliphatic rings. The second-order valence-electron chi connectivity index (χ2n) is 8.64. The fraction of sp³-hybridized carbons (Fsp3) is 0.310. The van der Waals surface area contributed by atoms with Gasteiger partial charge in [-0.05, 0) is 23.3 Å². The Morgan fingerprint density at radius 3 is 1.92 bits per heavy atom. The van der Waals surface area contributed by atoms with Crippen molar-refractivity contribution in [2.45, 2.75) is 50.8 Å². The molecule has 0 aromatic heterocycles. The Morgan fingerprint density at radius 2 is 1.32 bits per heavy atom. The van der Waals surface area contributed by atoms with Gasteiger partial charge in [-0.25, -0.2) is 4.79 Å². The first-order valence-corrected chi connectivity index (χ1v) is 12.0. The van der Waals surface area contributed by atoms with E-state index in [1.807, 2.05) is 60.7 Å². The van der Waals surface area contributed by atoms with Crippen molar-refractivity contribution in [1.82, 2.24) is 0 Å². The van der Waals surface area contributed by atoms with Gasteiger partial charge in [0.2, 0.25) is 0 Å². The van der Waals surface area contributed by atoms with Crippen molar-refractivity contribution in [3.63, 3.8) is 0 Å². The molecule has 3 aromatic carbocycles. The number of ether oxygens (including phenoxy) is 5. The number of hydrogen-bond donors (Lipinski definition) is 1. The lowest BCUT2D eigenvalue weighted by Gasteiger charge is -2.43. The van der Waals surface area contributed by atoms with E-state index in [0.29, 0.717) is 12.2 Å². The quantitative estimate of drug-likeness (QED) is 0.416. The van der Waals surface area contributed by atoms with E-state index in [0.717, 1.165) is 11.1 Å². The third kappa shape index (κ3) is 7.47. The number of hydrogen-bond acceptors (Lipinski definition) is 8. The standard InChI is InChI=1S/C29H30O8/c1-20(30)35-25-24(19-33-17-21-11-5-2-6-12-21)36-29(32)27(37-28(31)23-15-9-4-10-16-23)26(25)34-18-22-13-7-3-8-14-22/h2-16,24-27,29,32H,17-19H2,1H3/t24-,25+,26+,27-,29-/m1/s1. The third-order valence-electron chi connectivity index (χ3n) is 5.84. The lowest BCUT2D eigenvalue weighted by atomic mass is 9.98. The fourth-order valence-electron chi connectivity index (χ4n) is 4.08. The summed E-state index contributed by atoms with van der Waals surface area (Å²) < 4.78 is 29.0. The maximum absolute atomic E-state index is 12.8. The summed E-state index contributed by atoms with van der Waals surface area (Å²) in [4.78, 5) is 24.9. The summed E-state index contributed by atoms with van der Waals surface area (Å²) in [6.07, 6.45) is -5.69. The molecule has 0 radical (unpaired) electrons. The third-order valence-corrected chi connectivity index (χ3v) is 5.84. The van der Waals surface area contributed by atoms with Gasteiger partial charge in [0.05, 0.1) is 25.4 Å². The second-order valence-corrected chi connectivity index (χ2v) is 8.64. The van der Waals surface area contributed by atoms with Crippen LogP contribution in [-0.4, -0.2) is 54.4 Å². The lowest BCUT2D eigenvalue weighted by molar-refractivity contribution is -0.299. The summed E-state index contributed by atoms with van der Waals surface area (Å²) >= 11 is 0. The normalized spacial score (nSPS) is 23.2. The molecule has 0 bridgehead atoms. The highest BCUT2D eigenvalue weighted by Crippen LogP contribution is 2.29. The molecule has 0 unspecified atom stereocenters. The molecule has 3 aromatic rings. The van der Waals surface area contributed by atoms with Crippen LogP contribution in [0, 0.1) is 0 Å². The largest absolute Gasteiger partial charge is 0.457 e. The van der Waals surface area contributed by atoms with Crippen molar-refractivity contribution in [1.29, 1.82) is 0 Å². The Bertz CT molecular complexity index is 1120. The van der Waals surface area contributed by atoms with Crippen molar-refractivity contribution in [2.75, 3.05) is 6.61 Å². The van der Waals surface area contributed by atoms with Gasteiger partial charge >= 0.3 is 11.9 Å². The number of esters is 2. The Hall–Kier alpha value is -3.56. The number of carbonyl (C=O) groups is 2. The number of rotatable bonds is 10. The molecule has 5 atom stereocenters. The van der Waals surface area contributed by atoms with E-state index in [2.05, 4.69) is 0 Å². The first kappa shape index (κ1) is 26.5. The van der Waals surface area contributed by atoms with E-state index < -0.39 is 42.6 Å². The Balaban J connectivity index is 1.54. The van der Waals surface area contributed by atoms with Crippen molar-refractivity contribution in [2.24, 2.45) is 0 Å². The van der Waals surface area contributed by atoms with Crippen LogP contribution in [0.1, 0.15) is 28.4 Å². The van der Waals surface area contributed by atoms with E-state index in [-0.39, 0.29) is 13.2 Å². The van der Waals surface area contributed by atoms with Gasteiger partial charge in [0.15, 0.2) is 18.5 Å². The molecule has 0 amide bonds. The van der Waals surface area contributed by atoms with Crippen LogP contribution in [-0.2, 0) is 41.7 Å². The first-order valence-electron chi connectivity index (χ1n) is 12.0. The van der Waals surface area contributed by atoms with Gasteiger partial charge in [-0.15, -0.1) is 0 Å². The average molecular weight is 507 g/mol. The Morgan fingerprint density at radius 1 is 0.757 bits per heavy atom. The molecule has 194 valence electrons. The van der Waals surface area contributed by atoms with Crippen molar-refractivity contribution >= 4 is 11.9 Å². The van der Waals surface area contributed by atoms with E-state index in [1.165, 1.54) is 6.92 Å². The Kier molecular flexibility index (Phi) is 9.40. The SMILES string of the molecule is CC(=O)O[C@@H]1[C@H](OCc2ccccc2)[C@@H](OC(=O)c2ccccc2)[C@H](O)O[C@@H]1COCc1ccccc1. The minimum absolute atomic E-state index is 0.00838. The summed E-state index contributed by atoms with van der Waals surface area (Å²) in [5.74, 6) is -1.23. The van der Waals surface area contributed by atoms with Gasteiger partial charge in [-0.3, -0.25) is 4.79 Å². The van der Waals surface area contributed by atoms with Crippen LogP contribution in [0.2, 0.25) is 0 Å².